The first kappa shape index (κ1) is 19.4. The average Bonchev–Trinajstić information content (AvgIpc) is 3.15. The number of rotatable bonds is 6. The van der Waals surface area contributed by atoms with Crippen LogP contribution in [0.25, 0.3) is 11.4 Å². The molecule has 0 bridgehead atoms. The van der Waals surface area contributed by atoms with Crippen LogP contribution in [0, 0.1) is 11.3 Å². The van der Waals surface area contributed by atoms with E-state index >= 15 is 0 Å². The third-order valence-corrected chi connectivity index (χ3v) is 6.25. The Morgan fingerprint density at radius 2 is 1.96 bits per heavy atom. The molecular formula is C20H25N5OS. The fourth-order valence-electron chi connectivity index (χ4n) is 3.60. The normalized spacial score (nSPS) is 15.9. The Morgan fingerprint density at radius 1 is 1.26 bits per heavy atom. The van der Waals surface area contributed by atoms with Crippen LogP contribution in [0.2, 0.25) is 0 Å². The molecule has 1 aliphatic carbocycles. The first-order valence-corrected chi connectivity index (χ1v) is 10.4. The second-order valence-corrected chi connectivity index (χ2v) is 7.80. The van der Waals surface area contributed by atoms with Gasteiger partial charge in [0.1, 0.15) is 5.54 Å². The number of nitriles is 1. The number of nitrogens with zero attached hydrogens (tertiary/aromatic N) is 5. The predicted octanol–water partition coefficient (Wildman–Crippen LogP) is 3.74. The largest absolute Gasteiger partial charge is 0.326 e. The molecular weight excluding hydrogens is 358 g/mol. The molecule has 0 unspecified atom stereocenters. The summed E-state index contributed by atoms with van der Waals surface area (Å²) in [7, 11) is 1.76. The van der Waals surface area contributed by atoms with Gasteiger partial charge in [-0.15, -0.1) is 10.2 Å². The van der Waals surface area contributed by atoms with Crippen LogP contribution in [0.15, 0.2) is 35.5 Å². The Balaban J connectivity index is 1.70. The van der Waals surface area contributed by atoms with E-state index in [2.05, 4.69) is 16.3 Å². The minimum atomic E-state index is -0.649. The summed E-state index contributed by atoms with van der Waals surface area (Å²) in [6.45, 7) is 2.77. The van der Waals surface area contributed by atoms with E-state index in [4.69, 9.17) is 0 Å². The van der Waals surface area contributed by atoms with Gasteiger partial charge in [-0.1, -0.05) is 61.4 Å². The van der Waals surface area contributed by atoms with E-state index in [9.17, 15) is 10.1 Å². The lowest BCUT2D eigenvalue weighted by Crippen LogP contribution is -2.50. The Morgan fingerprint density at radius 3 is 2.59 bits per heavy atom. The molecule has 0 spiro atoms. The topological polar surface area (TPSA) is 74.8 Å². The van der Waals surface area contributed by atoms with Crippen LogP contribution in [0.5, 0.6) is 0 Å². The van der Waals surface area contributed by atoms with Crippen molar-refractivity contribution < 1.29 is 4.79 Å². The smallest absolute Gasteiger partial charge is 0.234 e. The molecule has 1 amide bonds. The fraction of sp³-hybridized carbons (Fsp3) is 0.500. The molecule has 0 N–H and O–H groups in total. The van der Waals surface area contributed by atoms with Crippen molar-refractivity contribution in [3.8, 4) is 17.5 Å². The highest BCUT2D eigenvalue weighted by molar-refractivity contribution is 7.99. The molecule has 6 nitrogen and oxygen atoms in total. The number of amides is 1. The highest BCUT2D eigenvalue weighted by atomic mass is 32.2. The summed E-state index contributed by atoms with van der Waals surface area (Å²) in [6, 6.07) is 12.3. The van der Waals surface area contributed by atoms with Gasteiger partial charge in [0, 0.05) is 19.2 Å². The molecule has 0 saturated heterocycles. The molecule has 0 radical (unpaired) electrons. The number of aromatic nitrogens is 3. The summed E-state index contributed by atoms with van der Waals surface area (Å²) in [4.78, 5) is 14.4. The van der Waals surface area contributed by atoms with Crippen molar-refractivity contribution in [2.75, 3.05) is 12.8 Å². The van der Waals surface area contributed by atoms with E-state index in [0.29, 0.717) is 0 Å². The summed E-state index contributed by atoms with van der Waals surface area (Å²) in [5.41, 5.74) is 0.358. The molecule has 3 rings (SSSR count). The van der Waals surface area contributed by atoms with Gasteiger partial charge in [-0.3, -0.25) is 4.79 Å². The van der Waals surface area contributed by atoms with Crippen LogP contribution >= 0.6 is 11.8 Å². The third-order valence-electron chi connectivity index (χ3n) is 5.29. The zero-order valence-corrected chi connectivity index (χ0v) is 16.7. The van der Waals surface area contributed by atoms with Crippen molar-refractivity contribution in [1.29, 1.82) is 5.26 Å². The molecule has 7 heteroatoms. The van der Waals surface area contributed by atoms with Crippen LogP contribution in [0.3, 0.4) is 0 Å². The van der Waals surface area contributed by atoms with Gasteiger partial charge in [0.05, 0.1) is 11.8 Å². The van der Waals surface area contributed by atoms with Crippen LogP contribution < -0.4 is 0 Å². The van der Waals surface area contributed by atoms with Gasteiger partial charge in [-0.2, -0.15) is 5.26 Å². The average molecular weight is 384 g/mol. The first-order valence-electron chi connectivity index (χ1n) is 9.40. The van der Waals surface area contributed by atoms with Gasteiger partial charge in [0.15, 0.2) is 11.0 Å². The number of benzene rings is 1. The molecule has 0 atom stereocenters. The first-order chi connectivity index (χ1) is 13.1. The van der Waals surface area contributed by atoms with E-state index in [1.165, 1.54) is 11.8 Å². The Hall–Kier alpha value is -2.33. The maximum atomic E-state index is 12.8. The number of carbonyl (C=O) groups excluding carboxylic acids is 1. The Bertz CT molecular complexity index is 821. The standard InChI is InChI=1S/C20H25N5OS/c1-3-25-18(16-10-6-4-7-11-16)22-23-19(25)27-14-17(26)24(2)20(15-21)12-8-5-9-13-20/h4,6-7,10-11H,3,5,8-9,12-14H2,1-2H3. The van der Waals surface area contributed by atoms with Gasteiger partial charge in [-0.25, -0.2) is 0 Å². The van der Waals surface area contributed by atoms with Crippen molar-refractivity contribution in [2.24, 2.45) is 0 Å². The molecule has 1 saturated carbocycles. The lowest BCUT2D eigenvalue weighted by atomic mass is 9.81. The maximum Gasteiger partial charge on any atom is 0.234 e. The third kappa shape index (κ3) is 4.01. The van der Waals surface area contributed by atoms with E-state index < -0.39 is 5.54 Å². The number of hydrogen-bond donors (Lipinski definition) is 0. The molecule has 1 fully saturated rings. The summed E-state index contributed by atoms with van der Waals surface area (Å²) in [6.07, 6.45) is 4.67. The molecule has 0 aliphatic heterocycles. The molecule has 2 aromatic rings. The van der Waals surface area contributed by atoms with Crippen molar-refractivity contribution in [2.45, 2.75) is 56.3 Å². The molecule has 1 aromatic carbocycles. The van der Waals surface area contributed by atoms with Crippen molar-refractivity contribution in [3.63, 3.8) is 0 Å². The highest BCUT2D eigenvalue weighted by Crippen LogP contribution is 2.33. The summed E-state index contributed by atoms with van der Waals surface area (Å²) >= 11 is 1.39. The van der Waals surface area contributed by atoms with Crippen LogP contribution in [0.1, 0.15) is 39.0 Å². The van der Waals surface area contributed by atoms with Crippen LogP contribution in [-0.2, 0) is 11.3 Å². The molecule has 1 aromatic heterocycles. The van der Waals surface area contributed by atoms with Gasteiger partial charge in [-0.05, 0) is 19.8 Å². The Labute approximate surface area is 164 Å². The SMILES string of the molecule is CCn1c(SCC(=O)N(C)C2(C#N)CCCCC2)nnc1-c1ccccc1. The summed E-state index contributed by atoms with van der Waals surface area (Å²) < 4.78 is 2.02. The van der Waals surface area contributed by atoms with Gasteiger partial charge in [0.25, 0.3) is 0 Å². The van der Waals surface area contributed by atoms with Crippen LogP contribution in [0.4, 0.5) is 0 Å². The van der Waals surface area contributed by atoms with Crippen molar-refractivity contribution in [3.05, 3.63) is 30.3 Å². The number of thioether (sulfide) groups is 1. The summed E-state index contributed by atoms with van der Waals surface area (Å²) in [5.74, 6) is 1.03. The molecule has 1 aliphatic rings. The fourth-order valence-corrected chi connectivity index (χ4v) is 4.52. The van der Waals surface area contributed by atoms with E-state index in [1.807, 2.05) is 41.8 Å². The van der Waals surface area contributed by atoms with Crippen LogP contribution in [-0.4, -0.2) is 43.9 Å². The van der Waals surface area contributed by atoms with Gasteiger partial charge >= 0.3 is 0 Å². The molecule has 1 heterocycles. The number of hydrogen-bond acceptors (Lipinski definition) is 5. The predicted molar refractivity (Wildman–Crippen MR) is 106 cm³/mol. The van der Waals surface area contributed by atoms with E-state index in [-0.39, 0.29) is 11.7 Å². The minimum Gasteiger partial charge on any atom is -0.326 e. The zero-order valence-electron chi connectivity index (χ0n) is 15.9. The Kier molecular flexibility index (Phi) is 6.17. The monoisotopic (exact) mass is 383 g/mol. The molecule has 27 heavy (non-hydrogen) atoms. The minimum absolute atomic E-state index is 0.0321. The second kappa shape index (κ2) is 8.57. The van der Waals surface area contributed by atoms with E-state index in [0.717, 1.165) is 55.2 Å². The van der Waals surface area contributed by atoms with Crippen molar-refractivity contribution in [1.82, 2.24) is 19.7 Å². The van der Waals surface area contributed by atoms with Gasteiger partial charge < -0.3 is 9.47 Å². The van der Waals surface area contributed by atoms with Crippen molar-refractivity contribution >= 4 is 17.7 Å². The van der Waals surface area contributed by atoms with E-state index in [1.54, 1.807) is 11.9 Å². The second-order valence-electron chi connectivity index (χ2n) is 6.86. The summed E-state index contributed by atoms with van der Waals surface area (Å²) in [5, 5.41) is 19.0. The zero-order chi connectivity index (χ0) is 19.3. The number of carbonyl (C=O) groups is 1. The highest BCUT2D eigenvalue weighted by Gasteiger charge is 2.38. The lowest BCUT2D eigenvalue weighted by molar-refractivity contribution is -0.131. The lowest BCUT2D eigenvalue weighted by Gasteiger charge is -2.39. The molecule has 142 valence electrons. The van der Waals surface area contributed by atoms with Gasteiger partial charge in [0.2, 0.25) is 5.91 Å². The quantitative estimate of drug-likeness (QED) is 0.710. The maximum absolute atomic E-state index is 12.8.